The predicted octanol–water partition coefficient (Wildman–Crippen LogP) is 2.32. The van der Waals surface area contributed by atoms with Crippen molar-refractivity contribution in [2.24, 2.45) is 0 Å². The topological polar surface area (TPSA) is 57.2 Å². The summed E-state index contributed by atoms with van der Waals surface area (Å²) >= 11 is 5.14. The molecular weight excluding hydrogens is 258 g/mol. The minimum absolute atomic E-state index is 0.0784. The van der Waals surface area contributed by atoms with Gasteiger partial charge in [0.1, 0.15) is 0 Å². The monoisotopic (exact) mass is 273 g/mol. The van der Waals surface area contributed by atoms with E-state index in [1.165, 1.54) is 5.56 Å². The van der Waals surface area contributed by atoms with Crippen LogP contribution in [-0.2, 0) is 6.42 Å². The Bertz CT molecular complexity index is 545. The van der Waals surface area contributed by atoms with Crippen molar-refractivity contribution in [2.75, 3.05) is 11.9 Å². The summed E-state index contributed by atoms with van der Waals surface area (Å²) in [5, 5.41) is 15.9. The van der Waals surface area contributed by atoms with Crippen LogP contribution in [0.25, 0.3) is 0 Å². The van der Waals surface area contributed by atoms with Crippen molar-refractivity contribution < 1.29 is 5.11 Å². The van der Waals surface area contributed by atoms with E-state index < -0.39 is 0 Å². The normalized spacial score (nSPS) is 9.89. The van der Waals surface area contributed by atoms with Crippen molar-refractivity contribution in [1.82, 2.24) is 10.3 Å². The molecule has 4 nitrogen and oxygen atoms in total. The molecule has 0 fully saturated rings. The van der Waals surface area contributed by atoms with E-state index >= 15 is 0 Å². The second kappa shape index (κ2) is 6.70. The lowest BCUT2D eigenvalue weighted by molar-refractivity contribution is 0.475. The number of nitrogens with one attached hydrogen (secondary N) is 2. The molecule has 0 radical (unpaired) electrons. The van der Waals surface area contributed by atoms with E-state index in [2.05, 4.69) is 27.8 Å². The van der Waals surface area contributed by atoms with Crippen molar-refractivity contribution >= 4 is 23.1 Å². The van der Waals surface area contributed by atoms with Gasteiger partial charge in [-0.15, -0.1) is 0 Å². The van der Waals surface area contributed by atoms with Crippen LogP contribution in [0, 0.1) is 0 Å². The van der Waals surface area contributed by atoms with Crippen LogP contribution < -0.4 is 10.6 Å². The van der Waals surface area contributed by atoms with Gasteiger partial charge in [0.25, 0.3) is 0 Å². The molecule has 0 aliphatic rings. The first-order valence-corrected chi connectivity index (χ1v) is 6.39. The van der Waals surface area contributed by atoms with Crippen LogP contribution in [0.2, 0.25) is 0 Å². The van der Waals surface area contributed by atoms with Crippen LogP contribution in [0.5, 0.6) is 5.75 Å². The number of rotatable bonds is 4. The fourth-order valence-electron chi connectivity index (χ4n) is 1.61. The Morgan fingerprint density at radius 3 is 2.68 bits per heavy atom. The Morgan fingerprint density at radius 2 is 1.95 bits per heavy atom. The fraction of sp³-hybridized carbons (Fsp3) is 0.143. The molecule has 19 heavy (non-hydrogen) atoms. The third-order valence-electron chi connectivity index (χ3n) is 2.56. The van der Waals surface area contributed by atoms with Gasteiger partial charge < -0.3 is 15.7 Å². The molecule has 3 N–H and O–H groups in total. The minimum Gasteiger partial charge on any atom is -0.504 e. The average Bonchev–Trinajstić information content (AvgIpc) is 2.43. The molecular formula is C14H15N3OS. The first-order valence-electron chi connectivity index (χ1n) is 5.98. The van der Waals surface area contributed by atoms with E-state index in [0.29, 0.717) is 10.9 Å². The number of aromatic nitrogens is 1. The molecule has 0 saturated heterocycles. The van der Waals surface area contributed by atoms with E-state index in [-0.39, 0.29) is 5.75 Å². The molecule has 0 saturated carbocycles. The Balaban J connectivity index is 1.78. The largest absolute Gasteiger partial charge is 0.504 e. The minimum atomic E-state index is 0.0784. The molecule has 0 aliphatic heterocycles. The van der Waals surface area contributed by atoms with E-state index in [0.717, 1.165) is 13.0 Å². The van der Waals surface area contributed by atoms with Crippen molar-refractivity contribution in [2.45, 2.75) is 6.42 Å². The first-order chi connectivity index (χ1) is 9.25. The summed E-state index contributed by atoms with van der Waals surface area (Å²) in [4.78, 5) is 4.00. The molecule has 5 heteroatoms. The lowest BCUT2D eigenvalue weighted by atomic mass is 10.1. The molecule has 0 aliphatic carbocycles. The number of benzene rings is 1. The number of nitrogens with zero attached hydrogens (tertiary/aromatic N) is 1. The van der Waals surface area contributed by atoms with Crippen molar-refractivity contribution in [1.29, 1.82) is 0 Å². The summed E-state index contributed by atoms with van der Waals surface area (Å²) in [6.07, 6.45) is 2.48. The SMILES string of the molecule is Oc1cccnc1NC(=S)NCCc1ccccc1. The van der Waals surface area contributed by atoms with Gasteiger partial charge in [-0.05, 0) is 36.3 Å². The highest BCUT2D eigenvalue weighted by molar-refractivity contribution is 7.80. The summed E-state index contributed by atoms with van der Waals surface area (Å²) < 4.78 is 0. The lowest BCUT2D eigenvalue weighted by Gasteiger charge is -2.10. The van der Waals surface area contributed by atoms with E-state index in [4.69, 9.17) is 12.2 Å². The third kappa shape index (κ3) is 4.22. The summed E-state index contributed by atoms with van der Waals surface area (Å²) in [6, 6.07) is 13.4. The molecule has 0 bridgehead atoms. The van der Waals surface area contributed by atoms with Gasteiger partial charge in [0.15, 0.2) is 16.7 Å². The molecule has 2 aromatic rings. The van der Waals surface area contributed by atoms with Gasteiger partial charge in [0, 0.05) is 12.7 Å². The summed E-state index contributed by atoms with van der Waals surface area (Å²) in [5.41, 5.74) is 1.25. The van der Waals surface area contributed by atoms with Gasteiger partial charge in [-0.2, -0.15) is 0 Å². The second-order valence-electron chi connectivity index (χ2n) is 3.99. The number of anilines is 1. The Hall–Kier alpha value is -2.14. The van der Waals surface area contributed by atoms with Gasteiger partial charge in [-0.25, -0.2) is 4.98 Å². The average molecular weight is 273 g/mol. The van der Waals surface area contributed by atoms with Crippen LogP contribution in [-0.4, -0.2) is 21.7 Å². The first kappa shape index (κ1) is 13.3. The summed E-state index contributed by atoms with van der Waals surface area (Å²) in [7, 11) is 0. The number of pyridine rings is 1. The molecule has 0 spiro atoms. The molecule has 98 valence electrons. The molecule has 2 rings (SSSR count). The zero-order chi connectivity index (χ0) is 13.5. The van der Waals surface area contributed by atoms with Crippen molar-refractivity contribution in [3.8, 4) is 5.75 Å². The Labute approximate surface area is 117 Å². The second-order valence-corrected chi connectivity index (χ2v) is 4.40. The quantitative estimate of drug-likeness (QED) is 0.746. The maximum absolute atomic E-state index is 9.55. The molecule has 1 aromatic heterocycles. The number of aromatic hydroxyl groups is 1. The molecule has 0 atom stereocenters. The standard InChI is InChI=1S/C14H15N3OS/c18-12-7-4-9-15-13(12)17-14(19)16-10-8-11-5-2-1-3-6-11/h1-7,9,18H,8,10H2,(H2,15,16,17,19). The lowest BCUT2D eigenvalue weighted by Crippen LogP contribution is -2.30. The maximum Gasteiger partial charge on any atom is 0.174 e. The molecule has 0 unspecified atom stereocenters. The van der Waals surface area contributed by atoms with Crippen LogP contribution in [0.15, 0.2) is 48.7 Å². The highest BCUT2D eigenvalue weighted by atomic mass is 32.1. The zero-order valence-corrected chi connectivity index (χ0v) is 11.2. The van der Waals surface area contributed by atoms with E-state index in [1.807, 2.05) is 18.2 Å². The Morgan fingerprint density at radius 1 is 1.16 bits per heavy atom. The fourth-order valence-corrected chi connectivity index (χ4v) is 1.81. The van der Waals surface area contributed by atoms with Gasteiger partial charge in [-0.3, -0.25) is 0 Å². The van der Waals surface area contributed by atoms with Gasteiger partial charge in [0.05, 0.1) is 0 Å². The molecule has 1 aromatic carbocycles. The number of hydrogen-bond donors (Lipinski definition) is 3. The highest BCUT2D eigenvalue weighted by Gasteiger charge is 2.03. The molecule has 0 amide bonds. The summed E-state index contributed by atoms with van der Waals surface area (Å²) in [6.45, 7) is 0.726. The maximum atomic E-state index is 9.55. The van der Waals surface area contributed by atoms with Gasteiger partial charge in [0.2, 0.25) is 0 Å². The van der Waals surface area contributed by atoms with Crippen LogP contribution in [0.3, 0.4) is 0 Å². The predicted molar refractivity (Wildman–Crippen MR) is 80.3 cm³/mol. The van der Waals surface area contributed by atoms with Crippen LogP contribution in [0.1, 0.15) is 5.56 Å². The van der Waals surface area contributed by atoms with Gasteiger partial charge >= 0.3 is 0 Å². The number of thiocarbonyl (C=S) groups is 1. The highest BCUT2D eigenvalue weighted by Crippen LogP contribution is 2.17. The van der Waals surface area contributed by atoms with Crippen molar-refractivity contribution in [3.63, 3.8) is 0 Å². The van der Waals surface area contributed by atoms with E-state index in [9.17, 15) is 5.11 Å². The smallest absolute Gasteiger partial charge is 0.174 e. The van der Waals surface area contributed by atoms with Crippen molar-refractivity contribution in [3.05, 3.63) is 54.2 Å². The Kier molecular flexibility index (Phi) is 4.69. The summed E-state index contributed by atoms with van der Waals surface area (Å²) in [5.74, 6) is 0.439. The number of hydrogen-bond acceptors (Lipinski definition) is 3. The third-order valence-corrected chi connectivity index (χ3v) is 2.81. The van der Waals surface area contributed by atoms with Crippen LogP contribution in [0.4, 0.5) is 5.82 Å². The van der Waals surface area contributed by atoms with E-state index in [1.54, 1.807) is 18.3 Å². The van der Waals surface area contributed by atoms with Gasteiger partial charge in [-0.1, -0.05) is 30.3 Å². The van der Waals surface area contributed by atoms with Crippen LogP contribution >= 0.6 is 12.2 Å². The molecule has 1 heterocycles. The zero-order valence-electron chi connectivity index (χ0n) is 10.3.